The number of urea groups is 1. The van der Waals surface area contributed by atoms with E-state index in [2.05, 4.69) is 17.6 Å². The van der Waals surface area contributed by atoms with Gasteiger partial charge in [-0.15, -0.1) is 0 Å². The van der Waals surface area contributed by atoms with Gasteiger partial charge in [0.25, 0.3) is 5.91 Å². The van der Waals surface area contributed by atoms with Crippen molar-refractivity contribution >= 4 is 17.8 Å². The zero-order chi connectivity index (χ0) is 22.6. The molecule has 32 heavy (non-hydrogen) atoms. The maximum Gasteiger partial charge on any atom is 0.325 e. The number of nitrogens with zero attached hydrogens (tertiary/aromatic N) is 1. The second-order valence-electron chi connectivity index (χ2n) is 9.16. The van der Waals surface area contributed by atoms with E-state index in [0.29, 0.717) is 18.8 Å². The van der Waals surface area contributed by atoms with E-state index in [9.17, 15) is 14.4 Å². The van der Waals surface area contributed by atoms with Gasteiger partial charge in [-0.3, -0.25) is 14.5 Å². The summed E-state index contributed by atoms with van der Waals surface area (Å²) < 4.78 is 0. The number of carbonyl (C=O) groups is 3. The first-order valence-corrected chi connectivity index (χ1v) is 11.5. The molecule has 2 aromatic carbocycles. The molecule has 0 spiro atoms. The Kier molecular flexibility index (Phi) is 6.58. The van der Waals surface area contributed by atoms with Crippen LogP contribution in [-0.2, 0) is 22.4 Å². The first-order valence-electron chi connectivity index (χ1n) is 11.5. The Morgan fingerprint density at radius 3 is 2.09 bits per heavy atom. The predicted octanol–water partition coefficient (Wildman–Crippen LogP) is 3.46. The zero-order valence-electron chi connectivity index (χ0n) is 18.5. The van der Waals surface area contributed by atoms with Crippen molar-refractivity contribution in [3.63, 3.8) is 0 Å². The van der Waals surface area contributed by atoms with E-state index in [4.69, 9.17) is 0 Å². The van der Waals surface area contributed by atoms with Gasteiger partial charge in [0.1, 0.15) is 12.1 Å². The first kappa shape index (κ1) is 22.1. The Labute approximate surface area is 189 Å². The number of imide groups is 1. The van der Waals surface area contributed by atoms with Gasteiger partial charge in [0.15, 0.2) is 0 Å². The Morgan fingerprint density at radius 2 is 1.53 bits per heavy atom. The van der Waals surface area contributed by atoms with Crippen molar-refractivity contribution in [3.05, 3.63) is 71.8 Å². The lowest BCUT2D eigenvalue weighted by Gasteiger charge is -2.30. The van der Waals surface area contributed by atoms with Crippen LogP contribution in [0.1, 0.15) is 43.7 Å². The normalized spacial score (nSPS) is 22.5. The number of hydrogen-bond acceptors (Lipinski definition) is 3. The summed E-state index contributed by atoms with van der Waals surface area (Å²) in [5.74, 6) is -0.212. The molecule has 1 saturated carbocycles. The van der Waals surface area contributed by atoms with Gasteiger partial charge in [-0.25, -0.2) is 4.79 Å². The van der Waals surface area contributed by atoms with Gasteiger partial charge >= 0.3 is 6.03 Å². The van der Waals surface area contributed by atoms with Crippen molar-refractivity contribution < 1.29 is 14.4 Å². The minimum Gasteiger partial charge on any atom is -0.352 e. The fourth-order valence-corrected chi connectivity index (χ4v) is 4.94. The van der Waals surface area contributed by atoms with Crippen LogP contribution in [0, 0.1) is 5.92 Å². The van der Waals surface area contributed by atoms with Crippen LogP contribution in [0.2, 0.25) is 0 Å². The van der Waals surface area contributed by atoms with Gasteiger partial charge in [0, 0.05) is 18.9 Å². The molecule has 168 valence electrons. The van der Waals surface area contributed by atoms with Gasteiger partial charge in [0.05, 0.1) is 0 Å². The fraction of sp³-hybridized carbons (Fsp3) is 0.423. The van der Waals surface area contributed by atoms with E-state index >= 15 is 0 Å². The minimum absolute atomic E-state index is 0.107. The molecular formula is C26H31N3O3. The van der Waals surface area contributed by atoms with Crippen LogP contribution >= 0.6 is 0 Å². The van der Waals surface area contributed by atoms with Crippen molar-refractivity contribution in [1.29, 1.82) is 0 Å². The number of rotatable bonds is 7. The van der Waals surface area contributed by atoms with Crippen LogP contribution in [0.25, 0.3) is 0 Å². The molecule has 2 atom stereocenters. The van der Waals surface area contributed by atoms with E-state index < -0.39 is 11.6 Å². The van der Waals surface area contributed by atoms with E-state index in [0.717, 1.165) is 35.3 Å². The molecule has 2 aliphatic rings. The van der Waals surface area contributed by atoms with Gasteiger partial charge in [-0.2, -0.15) is 0 Å². The number of hydrogen-bond donors (Lipinski definition) is 2. The smallest absolute Gasteiger partial charge is 0.325 e. The largest absolute Gasteiger partial charge is 0.352 e. The third-order valence-corrected chi connectivity index (χ3v) is 6.70. The summed E-state index contributed by atoms with van der Waals surface area (Å²) in [6.07, 6.45) is 5.04. The molecule has 1 heterocycles. The maximum atomic E-state index is 13.6. The van der Waals surface area contributed by atoms with Crippen molar-refractivity contribution in [2.75, 3.05) is 6.54 Å². The van der Waals surface area contributed by atoms with Crippen LogP contribution in [0.3, 0.4) is 0 Å². The quantitative estimate of drug-likeness (QED) is 0.657. The molecule has 0 aromatic heterocycles. The molecule has 1 aliphatic carbocycles. The van der Waals surface area contributed by atoms with Crippen LogP contribution in [0.4, 0.5) is 4.79 Å². The monoisotopic (exact) mass is 433 g/mol. The summed E-state index contributed by atoms with van der Waals surface area (Å²) in [4.78, 5) is 40.3. The Balaban J connectivity index is 1.53. The third-order valence-electron chi connectivity index (χ3n) is 6.70. The minimum atomic E-state index is -1.11. The molecule has 0 bridgehead atoms. The summed E-state index contributed by atoms with van der Waals surface area (Å²) in [6.45, 7) is 1.89. The topological polar surface area (TPSA) is 78.5 Å². The Hall–Kier alpha value is -3.15. The average molecular weight is 434 g/mol. The predicted molar refractivity (Wildman–Crippen MR) is 123 cm³/mol. The first-order chi connectivity index (χ1) is 15.5. The molecule has 4 amide bonds. The lowest BCUT2D eigenvalue weighted by Crippen LogP contribution is -2.52. The molecule has 0 unspecified atom stereocenters. The third kappa shape index (κ3) is 4.85. The fourth-order valence-electron chi connectivity index (χ4n) is 4.94. The van der Waals surface area contributed by atoms with Gasteiger partial charge < -0.3 is 10.6 Å². The van der Waals surface area contributed by atoms with Crippen LogP contribution in [0.15, 0.2) is 60.7 Å². The second-order valence-corrected chi connectivity index (χ2v) is 9.16. The summed E-state index contributed by atoms with van der Waals surface area (Å²) in [5.41, 5.74) is 0.803. The van der Waals surface area contributed by atoms with Crippen molar-refractivity contribution in [2.45, 2.75) is 57.0 Å². The van der Waals surface area contributed by atoms with Crippen molar-refractivity contribution in [3.8, 4) is 0 Å². The van der Waals surface area contributed by atoms with Crippen molar-refractivity contribution in [2.24, 2.45) is 5.92 Å². The molecule has 1 aliphatic heterocycles. The molecule has 4 rings (SSSR count). The highest BCUT2D eigenvalue weighted by Crippen LogP contribution is 2.28. The number of amides is 4. The average Bonchev–Trinajstić information content (AvgIpc) is 3.00. The molecule has 6 heteroatoms. The molecule has 1 saturated heterocycles. The van der Waals surface area contributed by atoms with E-state index in [-0.39, 0.29) is 24.4 Å². The zero-order valence-corrected chi connectivity index (χ0v) is 18.5. The van der Waals surface area contributed by atoms with Gasteiger partial charge in [-0.1, -0.05) is 80.4 Å². The molecule has 2 N–H and O–H groups in total. The molecule has 6 nitrogen and oxygen atoms in total. The van der Waals surface area contributed by atoms with E-state index in [1.165, 1.54) is 6.42 Å². The highest BCUT2D eigenvalue weighted by Gasteiger charge is 2.51. The highest BCUT2D eigenvalue weighted by molar-refractivity contribution is 6.09. The second kappa shape index (κ2) is 9.55. The molecular weight excluding hydrogens is 402 g/mol. The lowest BCUT2D eigenvalue weighted by atomic mass is 9.84. The standard InChI is InChI=1S/C26H31N3O3/c1-19-10-8-9-15-22(19)27-23(30)18-29-24(31)26(28-25(29)32,16-20-11-4-2-5-12-20)17-21-13-6-3-7-14-21/h2-7,11-14,19,22H,8-10,15-18H2,1H3,(H,27,30)(H,28,32)/t19-,22+/m1/s1. The summed E-state index contributed by atoms with van der Waals surface area (Å²) >= 11 is 0. The highest BCUT2D eigenvalue weighted by atomic mass is 16.2. The molecule has 2 fully saturated rings. The van der Waals surface area contributed by atoms with E-state index in [1.807, 2.05) is 60.7 Å². The summed E-state index contributed by atoms with van der Waals surface area (Å²) in [5, 5.41) is 5.99. The van der Waals surface area contributed by atoms with Crippen LogP contribution in [0.5, 0.6) is 0 Å². The summed E-state index contributed by atoms with van der Waals surface area (Å²) in [7, 11) is 0. The number of carbonyl (C=O) groups excluding carboxylic acids is 3. The van der Waals surface area contributed by atoms with Crippen molar-refractivity contribution in [1.82, 2.24) is 15.5 Å². The number of nitrogens with one attached hydrogen (secondary N) is 2. The molecule has 2 aromatic rings. The Morgan fingerprint density at radius 1 is 0.969 bits per heavy atom. The van der Waals surface area contributed by atoms with Crippen LogP contribution in [-0.4, -0.2) is 40.9 Å². The van der Waals surface area contributed by atoms with E-state index in [1.54, 1.807) is 0 Å². The summed E-state index contributed by atoms with van der Waals surface area (Å²) in [6, 6.07) is 18.9. The maximum absolute atomic E-state index is 13.6. The molecule has 0 radical (unpaired) electrons. The van der Waals surface area contributed by atoms with Crippen LogP contribution < -0.4 is 10.6 Å². The van der Waals surface area contributed by atoms with Gasteiger partial charge in [0.2, 0.25) is 5.91 Å². The number of benzene rings is 2. The lowest BCUT2D eigenvalue weighted by molar-refractivity contribution is -0.135. The SMILES string of the molecule is C[C@@H]1CCCC[C@@H]1NC(=O)CN1C(=O)NC(Cc2ccccc2)(Cc2ccccc2)C1=O. The Bertz CT molecular complexity index is 919. The van der Waals surface area contributed by atoms with Gasteiger partial charge in [-0.05, 0) is 29.9 Å².